The quantitative estimate of drug-likeness (QED) is 0.218. The molecular formula is C26H29N7O2S. The molecule has 0 atom stereocenters. The Kier molecular flexibility index (Phi) is 8.06. The van der Waals surface area contributed by atoms with Crippen molar-refractivity contribution in [2.75, 3.05) is 55.0 Å². The summed E-state index contributed by atoms with van der Waals surface area (Å²) < 4.78 is 5.38. The van der Waals surface area contributed by atoms with Crippen molar-refractivity contribution >= 4 is 56.8 Å². The number of morpholine rings is 1. The maximum absolute atomic E-state index is 12.4. The maximum Gasteiger partial charge on any atom is 0.249 e. The number of benzene rings is 1. The van der Waals surface area contributed by atoms with Crippen LogP contribution in [0.5, 0.6) is 0 Å². The van der Waals surface area contributed by atoms with Gasteiger partial charge in [-0.2, -0.15) is 11.8 Å². The van der Waals surface area contributed by atoms with E-state index in [2.05, 4.69) is 41.5 Å². The topological polar surface area (TPSA) is 108 Å². The summed E-state index contributed by atoms with van der Waals surface area (Å²) >= 11 is 1.83. The maximum atomic E-state index is 12.4. The molecule has 9 nitrogen and oxygen atoms in total. The molecule has 10 heteroatoms. The summed E-state index contributed by atoms with van der Waals surface area (Å²) in [7, 11) is 0. The van der Waals surface area contributed by atoms with Crippen LogP contribution in [-0.4, -0.2) is 75.1 Å². The number of carbonyl (C=O) groups is 1. The molecule has 1 aromatic carbocycles. The van der Waals surface area contributed by atoms with Crippen LogP contribution in [0.4, 0.5) is 17.3 Å². The first kappa shape index (κ1) is 24.2. The molecule has 3 N–H and O–H groups in total. The highest BCUT2D eigenvalue weighted by molar-refractivity contribution is 7.99. The van der Waals surface area contributed by atoms with E-state index in [1.54, 1.807) is 18.3 Å². The monoisotopic (exact) mass is 503 g/mol. The van der Waals surface area contributed by atoms with E-state index >= 15 is 0 Å². The van der Waals surface area contributed by atoms with Gasteiger partial charge >= 0.3 is 0 Å². The van der Waals surface area contributed by atoms with Crippen molar-refractivity contribution in [3.63, 3.8) is 0 Å². The average Bonchev–Trinajstić information content (AvgIpc) is 3.37. The molecule has 0 spiro atoms. The molecule has 0 bridgehead atoms. The Hall–Kier alpha value is -3.47. The van der Waals surface area contributed by atoms with Crippen molar-refractivity contribution in [3.8, 4) is 0 Å². The van der Waals surface area contributed by atoms with E-state index in [0.29, 0.717) is 17.2 Å². The van der Waals surface area contributed by atoms with E-state index in [9.17, 15) is 4.79 Å². The van der Waals surface area contributed by atoms with Crippen LogP contribution in [0.2, 0.25) is 0 Å². The number of aromatic amines is 1. The molecule has 5 rings (SSSR count). The van der Waals surface area contributed by atoms with Crippen molar-refractivity contribution in [2.24, 2.45) is 0 Å². The Bertz CT molecular complexity index is 1350. The Balaban J connectivity index is 1.14. The lowest BCUT2D eigenvalue weighted by Crippen LogP contribution is -2.36. The summed E-state index contributed by atoms with van der Waals surface area (Å²) in [6.07, 6.45) is 9.65. The van der Waals surface area contributed by atoms with Crippen LogP contribution in [0, 0.1) is 0 Å². The van der Waals surface area contributed by atoms with Crippen molar-refractivity contribution < 1.29 is 9.53 Å². The highest BCUT2D eigenvalue weighted by atomic mass is 32.2. The van der Waals surface area contributed by atoms with E-state index in [-0.39, 0.29) is 5.91 Å². The number of thioether (sulfide) groups is 1. The smallest absolute Gasteiger partial charge is 0.249 e. The van der Waals surface area contributed by atoms with E-state index in [1.807, 2.05) is 42.2 Å². The highest BCUT2D eigenvalue weighted by Gasteiger charge is 2.10. The predicted molar refractivity (Wildman–Crippen MR) is 146 cm³/mol. The zero-order valence-corrected chi connectivity index (χ0v) is 20.8. The van der Waals surface area contributed by atoms with Gasteiger partial charge in [0.2, 0.25) is 5.91 Å². The third kappa shape index (κ3) is 6.39. The normalized spacial score (nSPS) is 14.6. The van der Waals surface area contributed by atoms with E-state index in [4.69, 9.17) is 4.74 Å². The SMILES string of the molecule is O=C(C=CCSCCCN1CCOCC1)Nc1cc2c(Nc3ccc4[nH]ccc4c3)ncnc2cn1. The van der Waals surface area contributed by atoms with Crippen LogP contribution in [0.3, 0.4) is 0 Å². The second-order valence-corrected chi connectivity index (χ2v) is 9.64. The van der Waals surface area contributed by atoms with E-state index in [0.717, 1.165) is 72.8 Å². The molecule has 0 unspecified atom stereocenters. The number of nitrogens with one attached hydrogen (secondary N) is 3. The highest BCUT2D eigenvalue weighted by Crippen LogP contribution is 2.26. The fraction of sp³-hybridized carbons (Fsp3) is 0.308. The Morgan fingerprint density at radius 1 is 1.17 bits per heavy atom. The lowest BCUT2D eigenvalue weighted by molar-refractivity contribution is -0.111. The number of ether oxygens (including phenoxy) is 1. The molecule has 1 saturated heterocycles. The molecule has 36 heavy (non-hydrogen) atoms. The number of aromatic nitrogens is 4. The molecule has 186 valence electrons. The van der Waals surface area contributed by atoms with Gasteiger partial charge in [-0.3, -0.25) is 9.69 Å². The number of rotatable bonds is 10. The summed E-state index contributed by atoms with van der Waals surface area (Å²) in [6.45, 7) is 4.84. The molecule has 4 aromatic rings. The second-order valence-electron chi connectivity index (χ2n) is 8.49. The zero-order chi connectivity index (χ0) is 24.6. The summed E-state index contributed by atoms with van der Waals surface area (Å²) in [5.74, 6) is 2.77. The molecule has 1 fully saturated rings. The van der Waals surface area contributed by atoms with Gasteiger partial charge in [0.1, 0.15) is 18.0 Å². The molecule has 0 radical (unpaired) electrons. The van der Waals surface area contributed by atoms with E-state index in [1.165, 1.54) is 6.33 Å². The van der Waals surface area contributed by atoms with Crippen LogP contribution in [0.1, 0.15) is 6.42 Å². The molecule has 1 aliphatic heterocycles. The van der Waals surface area contributed by atoms with Crippen LogP contribution in [0.25, 0.3) is 21.8 Å². The molecular weight excluding hydrogens is 474 g/mol. The van der Waals surface area contributed by atoms with Gasteiger partial charge < -0.3 is 20.4 Å². The van der Waals surface area contributed by atoms with Gasteiger partial charge in [-0.05, 0) is 49.1 Å². The Morgan fingerprint density at radius 2 is 2.08 bits per heavy atom. The molecule has 1 amide bonds. The minimum absolute atomic E-state index is 0.208. The first-order valence-corrected chi connectivity index (χ1v) is 13.2. The number of nitrogens with zero attached hydrogens (tertiary/aromatic N) is 4. The Labute approximate surface area is 213 Å². The third-order valence-corrected chi connectivity index (χ3v) is 6.94. The van der Waals surface area contributed by atoms with Crippen LogP contribution in [-0.2, 0) is 9.53 Å². The fourth-order valence-electron chi connectivity index (χ4n) is 4.08. The molecule has 3 aromatic heterocycles. The number of hydrogen-bond acceptors (Lipinski definition) is 8. The molecule has 1 aliphatic rings. The summed E-state index contributed by atoms with van der Waals surface area (Å²) in [5, 5.41) is 8.08. The summed E-state index contributed by atoms with van der Waals surface area (Å²) in [6, 6.07) is 9.87. The third-order valence-electron chi connectivity index (χ3n) is 5.94. The van der Waals surface area contributed by atoms with Crippen molar-refractivity contribution in [2.45, 2.75) is 6.42 Å². The zero-order valence-electron chi connectivity index (χ0n) is 19.9. The van der Waals surface area contributed by atoms with Gasteiger partial charge in [-0.15, -0.1) is 0 Å². The second kappa shape index (κ2) is 12.0. The van der Waals surface area contributed by atoms with E-state index < -0.39 is 0 Å². The first-order valence-electron chi connectivity index (χ1n) is 12.0. The molecule has 4 heterocycles. The minimum atomic E-state index is -0.208. The number of carbonyl (C=O) groups excluding carboxylic acids is 1. The average molecular weight is 504 g/mol. The summed E-state index contributed by atoms with van der Waals surface area (Å²) in [4.78, 5) is 31.1. The van der Waals surface area contributed by atoms with Crippen LogP contribution in [0.15, 0.2) is 61.2 Å². The lowest BCUT2D eigenvalue weighted by atomic mass is 10.2. The largest absolute Gasteiger partial charge is 0.379 e. The number of fused-ring (bicyclic) bond motifs is 2. The lowest BCUT2D eigenvalue weighted by Gasteiger charge is -2.26. The minimum Gasteiger partial charge on any atom is -0.379 e. The number of amides is 1. The summed E-state index contributed by atoms with van der Waals surface area (Å²) in [5.41, 5.74) is 2.67. The van der Waals surface area contributed by atoms with Crippen LogP contribution < -0.4 is 10.6 Å². The van der Waals surface area contributed by atoms with Crippen molar-refractivity contribution in [1.82, 2.24) is 24.8 Å². The number of anilines is 3. The number of hydrogen-bond donors (Lipinski definition) is 3. The van der Waals surface area contributed by atoms with Gasteiger partial charge in [0, 0.05) is 53.1 Å². The van der Waals surface area contributed by atoms with Crippen LogP contribution >= 0.6 is 11.8 Å². The first-order chi connectivity index (χ1) is 17.7. The van der Waals surface area contributed by atoms with Gasteiger partial charge in [-0.25, -0.2) is 15.0 Å². The fourth-order valence-corrected chi connectivity index (χ4v) is 4.82. The molecule has 0 aliphatic carbocycles. The Morgan fingerprint density at radius 3 is 3.00 bits per heavy atom. The predicted octanol–water partition coefficient (Wildman–Crippen LogP) is 4.20. The van der Waals surface area contributed by atoms with Gasteiger partial charge in [0.05, 0.1) is 24.9 Å². The standard InChI is InChI=1S/C26H29N7O2S/c34-25(3-1-13-36-14-2-8-33-9-11-35-12-10-33)32-24-16-21-23(17-28-24)29-18-30-26(21)31-20-4-5-22-19(15-20)6-7-27-22/h1,3-7,15-18,27H,2,8-14H2,(H,28,32,34)(H,29,30,31). The van der Waals surface area contributed by atoms with Crippen molar-refractivity contribution in [3.05, 3.63) is 61.2 Å². The van der Waals surface area contributed by atoms with Gasteiger partial charge in [0.25, 0.3) is 0 Å². The number of pyridine rings is 1. The van der Waals surface area contributed by atoms with Gasteiger partial charge in [-0.1, -0.05) is 6.08 Å². The van der Waals surface area contributed by atoms with Crippen molar-refractivity contribution in [1.29, 1.82) is 0 Å². The van der Waals surface area contributed by atoms with Gasteiger partial charge in [0.15, 0.2) is 0 Å². The molecule has 0 saturated carbocycles. The number of H-pyrrole nitrogens is 1.